The number of hydrogen-bond donors (Lipinski definition) is 11. The molecule has 0 unspecified atom stereocenters. The molecule has 21 nitrogen and oxygen atoms in total. The normalized spacial score (nSPS) is 14.2. The molecule has 1 aromatic rings. The number of rotatable bonds is 21. The molecule has 0 aliphatic heterocycles. The van der Waals surface area contributed by atoms with Crippen LogP contribution in [-0.2, 0) is 53.9 Å². The van der Waals surface area contributed by atoms with Crippen molar-refractivity contribution in [2.24, 2.45) is 17.2 Å². The van der Waals surface area contributed by atoms with E-state index in [0.29, 0.717) is 5.56 Å². The fraction of sp³-hybridized carbons (Fsp3) is 0.440. The van der Waals surface area contributed by atoms with Gasteiger partial charge in [0, 0.05) is 18.6 Å². The molecule has 5 atom stereocenters. The SMILES string of the molecule is NC(=O)C[C@H](NC(=O)[C@H](CSS(=O)(=O)O)NC(=O)[C@H](Cc1ccc(O)cc1)NC(=O)[C@H](CC(N)=O)NC(=O)[C@@H](N)CCC(=O)O)C(=O)O. The predicted molar refractivity (Wildman–Crippen MR) is 164 cm³/mol. The summed E-state index contributed by atoms with van der Waals surface area (Å²) >= 11 is 0. The van der Waals surface area contributed by atoms with Crippen molar-refractivity contribution in [1.29, 1.82) is 0 Å². The number of carboxylic acids is 2. The smallest absolute Gasteiger partial charge is 0.326 e. The van der Waals surface area contributed by atoms with Crippen LogP contribution in [0.15, 0.2) is 24.3 Å². The molecule has 0 aliphatic rings. The Bertz CT molecular complexity index is 1490. The molecule has 14 N–H and O–H groups in total. The Kier molecular flexibility index (Phi) is 16.2. The van der Waals surface area contributed by atoms with Crippen molar-refractivity contribution in [3.05, 3.63) is 29.8 Å². The van der Waals surface area contributed by atoms with E-state index >= 15 is 0 Å². The molecular formula is C25H35N7O14S2. The lowest BCUT2D eigenvalue weighted by atomic mass is 10.0. The Labute approximate surface area is 275 Å². The molecule has 0 saturated carbocycles. The van der Waals surface area contributed by atoms with Crippen molar-refractivity contribution in [1.82, 2.24) is 21.3 Å². The van der Waals surface area contributed by atoms with Crippen molar-refractivity contribution in [3.8, 4) is 5.75 Å². The van der Waals surface area contributed by atoms with Crippen LogP contribution in [0.3, 0.4) is 0 Å². The lowest BCUT2D eigenvalue weighted by molar-refractivity contribution is -0.143. The van der Waals surface area contributed by atoms with Crippen LogP contribution >= 0.6 is 10.8 Å². The molecule has 48 heavy (non-hydrogen) atoms. The highest BCUT2D eigenvalue weighted by molar-refractivity contribution is 8.69. The summed E-state index contributed by atoms with van der Waals surface area (Å²) in [5.74, 6) is -11.0. The van der Waals surface area contributed by atoms with Gasteiger partial charge in [-0.2, -0.15) is 8.42 Å². The zero-order chi connectivity index (χ0) is 36.8. The molecule has 23 heteroatoms. The number of nitrogens with two attached hydrogens (primary N) is 3. The van der Waals surface area contributed by atoms with Gasteiger partial charge in [-0.3, -0.25) is 38.1 Å². The second kappa shape index (κ2) is 19.0. The topological polar surface area (TPSA) is 378 Å². The monoisotopic (exact) mass is 721 g/mol. The first-order chi connectivity index (χ1) is 22.2. The molecule has 0 bridgehead atoms. The second-order valence-electron chi connectivity index (χ2n) is 10.0. The van der Waals surface area contributed by atoms with E-state index in [4.69, 9.17) is 26.9 Å². The molecule has 0 spiro atoms. The number of phenols is 1. The van der Waals surface area contributed by atoms with Crippen molar-refractivity contribution in [3.63, 3.8) is 0 Å². The van der Waals surface area contributed by atoms with E-state index in [1.165, 1.54) is 24.3 Å². The minimum Gasteiger partial charge on any atom is -0.508 e. The summed E-state index contributed by atoms with van der Waals surface area (Å²) in [6, 6.07) is -3.57. The van der Waals surface area contributed by atoms with Crippen LogP contribution in [0.25, 0.3) is 0 Å². The summed E-state index contributed by atoms with van der Waals surface area (Å²) in [4.78, 5) is 97.5. The van der Waals surface area contributed by atoms with E-state index in [0.717, 1.165) is 0 Å². The molecule has 0 saturated heterocycles. The number of nitrogens with one attached hydrogen (secondary N) is 4. The summed E-state index contributed by atoms with van der Waals surface area (Å²) in [7, 11) is -5.05. The number of carbonyl (C=O) groups is 8. The maximum Gasteiger partial charge on any atom is 0.326 e. The number of aliphatic carboxylic acids is 2. The molecule has 6 amide bonds. The Morgan fingerprint density at radius 2 is 1.19 bits per heavy atom. The highest BCUT2D eigenvalue weighted by Gasteiger charge is 2.33. The first kappa shape index (κ1) is 41.0. The first-order valence-electron chi connectivity index (χ1n) is 13.6. The Hall–Kier alpha value is -5.00. The molecule has 0 aromatic heterocycles. The van der Waals surface area contributed by atoms with Gasteiger partial charge in [0.25, 0.3) is 0 Å². The van der Waals surface area contributed by atoms with E-state index in [-0.39, 0.29) is 23.0 Å². The van der Waals surface area contributed by atoms with Gasteiger partial charge in [-0.15, -0.1) is 0 Å². The summed E-state index contributed by atoms with van der Waals surface area (Å²) in [6.07, 6.45) is -2.95. The van der Waals surface area contributed by atoms with E-state index in [1.54, 1.807) is 0 Å². The number of primary amides is 2. The number of hydrogen-bond acceptors (Lipinski definition) is 13. The summed E-state index contributed by atoms with van der Waals surface area (Å²) < 4.78 is 31.9. The molecule has 0 fully saturated rings. The van der Waals surface area contributed by atoms with Crippen molar-refractivity contribution >= 4 is 67.3 Å². The summed E-state index contributed by atoms with van der Waals surface area (Å²) in [6.45, 7) is 0. The van der Waals surface area contributed by atoms with E-state index in [2.05, 4.69) is 16.0 Å². The zero-order valence-corrected chi connectivity index (χ0v) is 26.5. The molecule has 0 radical (unpaired) electrons. The highest BCUT2D eigenvalue weighted by Crippen LogP contribution is 2.14. The summed E-state index contributed by atoms with van der Waals surface area (Å²) in [5.41, 5.74) is 16.1. The van der Waals surface area contributed by atoms with Crippen LogP contribution in [0.4, 0.5) is 0 Å². The molecule has 1 aromatic carbocycles. The lowest BCUT2D eigenvalue weighted by Crippen LogP contribution is -2.60. The number of aromatic hydroxyl groups is 1. The van der Waals surface area contributed by atoms with Gasteiger partial charge in [-0.1, -0.05) is 12.1 Å². The number of phenolic OH excluding ortho intramolecular Hbond substituents is 1. The number of carboxylic acid groups (broad SMARTS) is 2. The predicted octanol–water partition coefficient (Wildman–Crippen LogP) is -4.56. The fourth-order valence-corrected chi connectivity index (χ4v) is 5.20. The van der Waals surface area contributed by atoms with E-state index in [1.807, 2.05) is 5.32 Å². The molecule has 0 aliphatic carbocycles. The van der Waals surface area contributed by atoms with Gasteiger partial charge in [0.2, 0.25) is 35.4 Å². The zero-order valence-electron chi connectivity index (χ0n) is 24.9. The maximum atomic E-state index is 13.5. The third-order valence-electron chi connectivity index (χ3n) is 6.09. The number of amides is 6. The second-order valence-corrected chi connectivity index (χ2v) is 13.4. The molecule has 1 rings (SSSR count). The van der Waals surface area contributed by atoms with Crippen LogP contribution < -0.4 is 38.5 Å². The van der Waals surface area contributed by atoms with E-state index < -0.39 is 118 Å². The minimum absolute atomic E-state index is 0.171. The quantitative estimate of drug-likeness (QED) is 0.0420. The van der Waals surface area contributed by atoms with E-state index in [9.17, 15) is 57.0 Å². The van der Waals surface area contributed by atoms with Crippen LogP contribution in [0.2, 0.25) is 0 Å². The number of carbonyl (C=O) groups excluding carboxylic acids is 6. The van der Waals surface area contributed by atoms with Crippen molar-refractivity contribution in [2.75, 3.05) is 5.75 Å². The van der Waals surface area contributed by atoms with Crippen molar-refractivity contribution < 1.29 is 66.6 Å². The number of benzene rings is 1. The first-order valence-corrected chi connectivity index (χ1v) is 16.5. The molecular weight excluding hydrogens is 686 g/mol. The van der Waals surface area contributed by atoms with Crippen LogP contribution in [-0.4, -0.2) is 112 Å². The van der Waals surface area contributed by atoms with Gasteiger partial charge in [-0.05, 0) is 34.9 Å². The lowest BCUT2D eigenvalue weighted by Gasteiger charge is -2.26. The highest BCUT2D eigenvalue weighted by atomic mass is 33.1. The van der Waals surface area contributed by atoms with Gasteiger partial charge >= 0.3 is 21.1 Å². The third-order valence-corrected chi connectivity index (χ3v) is 8.16. The van der Waals surface area contributed by atoms with Gasteiger partial charge in [0.05, 0.1) is 18.9 Å². The van der Waals surface area contributed by atoms with Gasteiger partial charge in [0.1, 0.15) is 29.9 Å². The van der Waals surface area contributed by atoms with Gasteiger partial charge in [0.15, 0.2) is 0 Å². The van der Waals surface area contributed by atoms with Crippen LogP contribution in [0, 0.1) is 0 Å². The average Bonchev–Trinajstić information content (AvgIpc) is 2.96. The average molecular weight is 722 g/mol. The van der Waals surface area contributed by atoms with Crippen molar-refractivity contribution in [2.45, 2.75) is 62.3 Å². The maximum absolute atomic E-state index is 13.5. The summed E-state index contributed by atoms with van der Waals surface area (Å²) in [5, 5.41) is 36.2. The van der Waals surface area contributed by atoms with Gasteiger partial charge in [-0.25, -0.2) is 4.79 Å². The molecule has 0 heterocycles. The Morgan fingerprint density at radius 3 is 1.69 bits per heavy atom. The third kappa shape index (κ3) is 16.0. The molecule has 266 valence electrons. The Morgan fingerprint density at radius 1 is 0.729 bits per heavy atom. The van der Waals surface area contributed by atoms with Crippen LogP contribution in [0.1, 0.15) is 31.2 Å². The fourth-order valence-electron chi connectivity index (χ4n) is 3.73. The van der Waals surface area contributed by atoms with Gasteiger partial charge < -0.3 is 53.8 Å². The van der Waals surface area contributed by atoms with Crippen LogP contribution in [0.5, 0.6) is 5.75 Å². The minimum atomic E-state index is -4.82. The standard InChI is InChI=1S/C25H35N7O14S2/c26-13(5-6-20(36)37)21(38)29-15(8-18(27)34)23(40)30-14(7-11-1-3-12(33)4-2-11)22(39)32-17(10-47-48(44,45)46)24(41)31-16(25(42)43)9-19(28)35/h1-4,13-17,33H,5-10,26H2,(H2,27,34)(H2,28,35)(H,29,38)(H,30,40)(H,31,41)(H,32,39)(H,36,37)(H,42,43)(H,44,45,46)/t13-,14-,15-,16-,17-/m0/s1. The largest absolute Gasteiger partial charge is 0.508 e. The Balaban J connectivity index is 3.40.